The van der Waals surface area contributed by atoms with Crippen LogP contribution in [-0.2, 0) is 6.42 Å². The van der Waals surface area contributed by atoms with Crippen molar-refractivity contribution in [2.75, 3.05) is 11.9 Å². The first-order valence-corrected chi connectivity index (χ1v) is 3.65. The minimum atomic E-state index is 1.01. The van der Waals surface area contributed by atoms with Gasteiger partial charge in [0.2, 0.25) is 0 Å². The van der Waals surface area contributed by atoms with Gasteiger partial charge in [-0.2, -0.15) is 0 Å². The highest BCUT2D eigenvalue weighted by molar-refractivity contribution is 5.43. The van der Waals surface area contributed by atoms with Crippen LogP contribution in [-0.4, -0.2) is 16.5 Å². The molecular formula is C7H11N3. The molecule has 0 amide bonds. The predicted octanol–water partition coefficient (Wildman–Crippen LogP) is 1.08. The average molecular weight is 137 g/mol. The fourth-order valence-electron chi connectivity index (χ4n) is 1.34. The highest BCUT2D eigenvalue weighted by atomic mass is 15.1. The normalized spacial score (nSPS) is 16.1. The summed E-state index contributed by atoms with van der Waals surface area (Å²) < 4.78 is 0. The molecule has 1 aliphatic rings. The van der Waals surface area contributed by atoms with Gasteiger partial charge in [0.15, 0.2) is 0 Å². The van der Waals surface area contributed by atoms with E-state index in [1.54, 1.807) is 0 Å². The number of imidazole rings is 1. The van der Waals surface area contributed by atoms with Crippen molar-refractivity contribution in [1.82, 2.24) is 9.97 Å². The Morgan fingerprint density at radius 2 is 2.40 bits per heavy atom. The quantitative estimate of drug-likeness (QED) is 0.561. The third-order valence-corrected chi connectivity index (χ3v) is 1.79. The van der Waals surface area contributed by atoms with Crippen LogP contribution in [0.2, 0.25) is 0 Å². The number of aryl methyl sites for hydroxylation is 2. The van der Waals surface area contributed by atoms with Gasteiger partial charge in [-0.25, -0.2) is 4.98 Å². The molecule has 1 aromatic heterocycles. The Hall–Kier alpha value is -0.990. The summed E-state index contributed by atoms with van der Waals surface area (Å²) in [6.45, 7) is 3.06. The number of nitrogens with one attached hydrogen (secondary N) is 2. The van der Waals surface area contributed by atoms with Gasteiger partial charge in [-0.1, -0.05) is 0 Å². The van der Waals surface area contributed by atoms with Crippen molar-refractivity contribution in [2.24, 2.45) is 0 Å². The molecule has 3 heteroatoms. The summed E-state index contributed by atoms with van der Waals surface area (Å²) in [7, 11) is 0. The first kappa shape index (κ1) is 5.77. The van der Waals surface area contributed by atoms with E-state index in [1.807, 2.05) is 6.92 Å². The number of nitrogens with zero attached hydrogens (tertiary/aromatic N) is 1. The Balaban J connectivity index is 2.41. The lowest BCUT2D eigenvalue weighted by atomic mass is 10.2. The van der Waals surface area contributed by atoms with Crippen molar-refractivity contribution >= 4 is 5.82 Å². The molecule has 0 bridgehead atoms. The molecule has 0 fully saturated rings. The molecule has 0 aliphatic carbocycles. The molecule has 2 rings (SSSR count). The Morgan fingerprint density at radius 3 is 3.20 bits per heavy atom. The maximum atomic E-state index is 4.33. The van der Waals surface area contributed by atoms with Gasteiger partial charge in [-0.05, 0) is 19.8 Å². The van der Waals surface area contributed by atoms with Crippen LogP contribution < -0.4 is 5.32 Å². The van der Waals surface area contributed by atoms with Crippen molar-refractivity contribution in [3.8, 4) is 0 Å². The van der Waals surface area contributed by atoms with Crippen LogP contribution in [0, 0.1) is 6.92 Å². The molecule has 2 heterocycles. The van der Waals surface area contributed by atoms with E-state index in [4.69, 9.17) is 0 Å². The van der Waals surface area contributed by atoms with Crippen LogP contribution in [0.5, 0.6) is 0 Å². The first-order chi connectivity index (χ1) is 4.86. The second-order valence-electron chi connectivity index (χ2n) is 2.67. The maximum absolute atomic E-state index is 4.33. The SMILES string of the molecule is Cc1nc2c([nH]1)NCCC2. The van der Waals surface area contributed by atoms with Gasteiger partial charge < -0.3 is 10.3 Å². The van der Waals surface area contributed by atoms with Gasteiger partial charge in [0.05, 0.1) is 5.69 Å². The number of anilines is 1. The lowest BCUT2D eigenvalue weighted by Crippen LogP contribution is -2.10. The summed E-state index contributed by atoms with van der Waals surface area (Å²) in [4.78, 5) is 7.51. The molecule has 1 aliphatic heterocycles. The standard InChI is InChI=1S/C7H11N3/c1-5-9-6-3-2-4-8-7(6)10-5/h8H,2-4H2,1H3,(H,9,10). The molecule has 0 saturated carbocycles. The van der Waals surface area contributed by atoms with Crippen molar-refractivity contribution in [3.05, 3.63) is 11.5 Å². The van der Waals surface area contributed by atoms with Crippen molar-refractivity contribution in [1.29, 1.82) is 0 Å². The average Bonchev–Trinajstić information content (AvgIpc) is 2.27. The minimum absolute atomic E-state index is 1.01. The predicted molar refractivity (Wildman–Crippen MR) is 40.1 cm³/mol. The molecule has 0 unspecified atom stereocenters. The third kappa shape index (κ3) is 0.781. The van der Waals surface area contributed by atoms with Crippen LogP contribution in [0.15, 0.2) is 0 Å². The molecule has 0 aromatic carbocycles. The molecular weight excluding hydrogens is 126 g/mol. The largest absolute Gasteiger partial charge is 0.370 e. The van der Waals surface area contributed by atoms with Gasteiger partial charge in [0.1, 0.15) is 11.6 Å². The highest BCUT2D eigenvalue weighted by Crippen LogP contribution is 2.17. The molecule has 1 aromatic rings. The molecule has 10 heavy (non-hydrogen) atoms. The van der Waals surface area contributed by atoms with Crippen LogP contribution >= 0.6 is 0 Å². The van der Waals surface area contributed by atoms with E-state index < -0.39 is 0 Å². The number of fused-ring (bicyclic) bond motifs is 1. The van der Waals surface area contributed by atoms with Crippen LogP contribution in [0.4, 0.5) is 5.82 Å². The molecule has 54 valence electrons. The first-order valence-electron chi connectivity index (χ1n) is 3.65. The molecule has 0 radical (unpaired) electrons. The van der Waals surface area contributed by atoms with E-state index in [0.717, 1.165) is 24.6 Å². The molecule has 0 atom stereocenters. The number of hydrogen-bond acceptors (Lipinski definition) is 2. The fraction of sp³-hybridized carbons (Fsp3) is 0.571. The maximum Gasteiger partial charge on any atom is 0.126 e. The minimum Gasteiger partial charge on any atom is -0.370 e. The van der Waals surface area contributed by atoms with Crippen molar-refractivity contribution in [2.45, 2.75) is 19.8 Å². The van der Waals surface area contributed by atoms with Crippen LogP contribution in [0.1, 0.15) is 17.9 Å². The Kier molecular flexibility index (Phi) is 1.16. The zero-order valence-corrected chi connectivity index (χ0v) is 6.07. The van der Waals surface area contributed by atoms with E-state index in [2.05, 4.69) is 15.3 Å². The monoisotopic (exact) mass is 137 g/mol. The summed E-state index contributed by atoms with van der Waals surface area (Å²) in [6, 6.07) is 0. The van der Waals surface area contributed by atoms with Gasteiger partial charge in [0.25, 0.3) is 0 Å². The second-order valence-corrected chi connectivity index (χ2v) is 2.67. The van der Waals surface area contributed by atoms with Crippen molar-refractivity contribution in [3.63, 3.8) is 0 Å². The zero-order valence-electron chi connectivity index (χ0n) is 6.07. The number of hydrogen-bond donors (Lipinski definition) is 2. The molecule has 0 spiro atoms. The number of aromatic amines is 1. The Labute approximate surface area is 59.9 Å². The lowest BCUT2D eigenvalue weighted by Gasteiger charge is -2.10. The summed E-state index contributed by atoms with van der Waals surface area (Å²) >= 11 is 0. The van der Waals surface area contributed by atoms with E-state index in [0.29, 0.717) is 0 Å². The van der Waals surface area contributed by atoms with Crippen LogP contribution in [0.25, 0.3) is 0 Å². The van der Waals surface area contributed by atoms with E-state index >= 15 is 0 Å². The third-order valence-electron chi connectivity index (χ3n) is 1.79. The topological polar surface area (TPSA) is 40.7 Å². The summed E-state index contributed by atoms with van der Waals surface area (Å²) in [6.07, 6.45) is 2.32. The van der Waals surface area contributed by atoms with Gasteiger partial charge in [-0.3, -0.25) is 0 Å². The smallest absolute Gasteiger partial charge is 0.126 e. The zero-order chi connectivity index (χ0) is 6.97. The van der Waals surface area contributed by atoms with E-state index in [1.165, 1.54) is 12.1 Å². The number of H-pyrrole nitrogens is 1. The fourth-order valence-corrected chi connectivity index (χ4v) is 1.34. The number of aromatic nitrogens is 2. The summed E-state index contributed by atoms with van der Waals surface area (Å²) in [5.74, 6) is 2.14. The van der Waals surface area contributed by atoms with E-state index in [9.17, 15) is 0 Å². The Morgan fingerprint density at radius 1 is 1.50 bits per heavy atom. The summed E-state index contributed by atoms with van der Waals surface area (Å²) in [5, 5.41) is 3.27. The molecule has 0 saturated heterocycles. The van der Waals surface area contributed by atoms with Gasteiger partial charge >= 0.3 is 0 Å². The lowest BCUT2D eigenvalue weighted by molar-refractivity contribution is 0.807. The van der Waals surface area contributed by atoms with Gasteiger partial charge in [0, 0.05) is 6.54 Å². The van der Waals surface area contributed by atoms with Crippen molar-refractivity contribution < 1.29 is 0 Å². The Bertz CT molecular complexity index is 215. The summed E-state index contributed by atoms with van der Waals surface area (Å²) in [5.41, 5.74) is 1.20. The second kappa shape index (κ2) is 2.01. The van der Waals surface area contributed by atoms with E-state index in [-0.39, 0.29) is 0 Å². The molecule has 3 nitrogen and oxygen atoms in total. The van der Waals surface area contributed by atoms with Gasteiger partial charge in [-0.15, -0.1) is 0 Å². The number of rotatable bonds is 0. The molecule has 2 N–H and O–H groups in total. The highest BCUT2D eigenvalue weighted by Gasteiger charge is 2.10. The van der Waals surface area contributed by atoms with Crippen LogP contribution in [0.3, 0.4) is 0 Å².